The second kappa shape index (κ2) is 10.5. The molecule has 3 rings (SSSR count). The molecule has 0 atom stereocenters. The number of aromatic nitrogens is 1. The molecular weight excluding hydrogens is 459 g/mol. The second-order valence-corrected chi connectivity index (χ2v) is 7.38. The highest BCUT2D eigenvalue weighted by atomic mass is 35.5. The summed E-state index contributed by atoms with van der Waals surface area (Å²) in [6.07, 6.45) is 1.37. The molecule has 2 N–H and O–H groups in total. The van der Waals surface area contributed by atoms with Crippen molar-refractivity contribution in [2.24, 2.45) is 0 Å². The van der Waals surface area contributed by atoms with Crippen molar-refractivity contribution in [3.05, 3.63) is 72.2 Å². The molecule has 0 radical (unpaired) electrons. The average molecular weight is 480 g/mol. The van der Waals surface area contributed by atoms with E-state index in [2.05, 4.69) is 15.0 Å². The van der Waals surface area contributed by atoms with Crippen LogP contribution in [0.15, 0.2) is 60.8 Å². The van der Waals surface area contributed by atoms with Crippen molar-refractivity contribution in [1.29, 1.82) is 0 Å². The molecule has 33 heavy (non-hydrogen) atoms. The van der Waals surface area contributed by atoms with Gasteiger partial charge in [0.25, 0.3) is 5.91 Å². The number of benzene rings is 2. The summed E-state index contributed by atoms with van der Waals surface area (Å²) in [4.78, 5) is 19.0. The van der Waals surface area contributed by atoms with Crippen LogP contribution in [0.4, 0.5) is 24.7 Å². The van der Waals surface area contributed by atoms with Gasteiger partial charge in [-0.2, -0.15) is 0 Å². The van der Waals surface area contributed by atoms with E-state index < -0.39 is 17.3 Å². The fourth-order valence-corrected chi connectivity index (χ4v) is 3.27. The molecule has 3 aromatic rings. The number of aliphatic hydroxyl groups excluding tert-OH is 1. The summed E-state index contributed by atoms with van der Waals surface area (Å²) in [5.74, 6) is -0.621. The van der Waals surface area contributed by atoms with Gasteiger partial charge in [-0.15, -0.1) is 8.78 Å². The fraction of sp³-hybridized carbons (Fsp3) is 0.217. The van der Waals surface area contributed by atoms with Crippen LogP contribution in [0.25, 0.3) is 11.1 Å². The van der Waals surface area contributed by atoms with Crippen LogP contribution in [-0.4, -0.2) is 41.3 Å². The zero-order chi connectivity index (χ0) is 24.0. The lowest BCUT2D eigenvalue weighted by Crippen LogP contribution is -2.28. The molecule has 0 bridgehead atoms. The minimum atomic E-state index is -3.84. The van der Waals surface area contributed by atoms with Gasteiger partial charge in [0, 0.05) is 42.1 Å². The molecule has 10 heteroatoms. The van der Waals surface area contributed by atoms with E-state index in [1.54, 1.807) is 18.2 Å². The third kappa shape index (κ3) is 6.59. The van der Waals surface area contributed by atoms with Crippen molar-refractivity contribution in [3.8, 4) is 16.9 Å². The number of hydrogen-bond acceptors (Lipinski definition) is 5. The summed E-state index contributed by atoms with van der Waals surface area (Å²) in [5, 5.41) is 12.0. The Morgan fingerprint density at radius 2 is 1.94 bits per heavy atom. The van der Waals surface area contributed by atoms with Gasteiger partial charge in [-0.05, 0) is 55.0 Å². The summed E-state index contributed by atoms with van der Waals surface area (Å²) >= 11 is 4.74. The van der Waals surface area contributed by atoms with E-state index in [9.17, 15) is 23.1 Å². The SMILES string of the molecule is CCN(CCO)c1ncc(C(=O)Nc2ccc(OC(F)(F)Cl)cc2)cc1-c1cccc(F)c1. The number of anilines is 2. The number of carbonyl (C=O) groups is 1. The lowest BCUT2D eigenvalue weighted by atomic mass is 10.0. The molecule has 6 nitrogen and oxygen atoms in total. The first-order chi connectivity index (χ1) is 15.7. The second-order valence-electron chi connectivity index (χ2n) is 6.94. The van der Waals surface area contributed by atoms with Crippen molar-refractivity contribution < 1.29 is 27.8 Å². The first kappa shape index (κ1) is 24.3. The van der Waals surface area contributed by atoms with Crippen molar-refractivity contribution in [3.63, 3.8) is 0 Å². The van der Waals surface area contributed by atoms with E-state index in [1.807, 2.05) is 11.8 Å². The molecule has 0 fully saturated rings. The predicted molar refractivity (Wildman–Crippen MR) is 120 cm³/mol. The first-order valence-corrected chi connectivity index (χ1v) is 10.4. The highest BCUT2D eigenvalue weighted by Gasteiger charge is 2.27. The van der Waals surface area contributed by atoms with Gasteiger partial charge in [0.1, 0.15) is 17.4 Å². The number of hydrogen-bond donors (Lipinski definition) is 2. The maximum atomic E-state index is 13.9. The Morgan fingerprint density at radius 3 is 2.55 bits per heavy atom. The topological polar surface area (TPSA) is 74.7 Å². The number of pyridine rings is 1. The van der Waals surface area contributed by atoms with Crippen LogP contribution in [0.5, 0.6) is 5.75 Å². The standard InChI is InChI=1S/C23H21ClF3N3O3/c1-2-30(10-11-31)21-20(15-4-3-5-17(25)12-15)13-16(14-28-21)22(32)29-18-6-8-19(9-7-18)33-23(24,26)27/h3-9,12-14,31H,2,10-11H2,1H3,(H,29,32). The molecule has 1 heterocycles. The molecular formula is C23H21ClF3N3O3. The Bertz CT molecular complexity index is 1110. The molecule has 0 saturated heterocycles. The number of nitrogens with one attached hydrogen (secondary N) is 1. The minimum Gasteiger partial charge on any atom is -0.420 e. The van der Waals surface area contributed by atoms with Crippen LogP contribution in [0.2, 0.25) is 0 Å². The smallest absolute Gasteiger partial charge is 0.420 e. The molecule has 2 aromatic carbocycles. The van der Waals surface area contributed by atoms with E-state index in [0.29, 0.717) is 35.7 Å². The molecule has 174 valence electrons. The van der Waals surface area contributed by atoms with Crippen molar-refractivity contribution >= 4 is 29.0 Å². The number of alkyl halides is 3. The summed E-state index contributed by atoms with van der Waals surface area (Å²) in [6, 6.07) is 12.7. The van der Waals surface area contributed by atoms with Gasteiger partial charge in [-0.1, -0.05) is 12.1 Å². The van der Waals surface area contributed by atoms with Crippen LogP contribution in [0, 0.1) is 5.82 Å². The van der Waals surface area contributed by atoms with Gasteiger partial charge in [0.2, 0.25) is 0 Å². The van der Waals surface area contributed by atoms with Gasteiger partial charge in [0.05, 0.1) is 12.2 Å². The van der Waals surface area contributed by atoms with Crippen LogP contribution < -0.4 is 15.0 Å². The number of halogens is 4. The summed E-state index contributed by atoms with van der Waals surface area (Å²) in [7, 11) is 0. The van der Waals surface area contributed by atoms with Crippen LogP contribution in [-0.2, 0) is 0 Å². The minimum absolute atomic E-state index is 0.101. The predicted octanol–water partition coefficient (Wildman–Crippen LogP) is 5.13. The molecule has 0 unspecified atom stereocenters. The molecule has 0 aliphatic carbocycles. The number of amides is 1. The number of nitrogens with zero attached hydrogens (tertiary/aromatic N) is 2. The van der Waals surface area contributed by atoms with Crippen LogP contribution in [0.1, 0.15) is 17.3 Å². The van der Waals surface area contributed by atoms with Crippen molar-refractivity contribution in [2.45, 2.75) is 12.5 Å². The average Bonchev–Trinajstić information content (AvgIpc) is 2.77. The van der Waals surface area contributed by atoms with E-state index >= 15 is 0 Å². The molecule has 0 saturated carbocycles. The van der Waals surface area contributed by atoms with Gasteiger partial charge >= 0.3 is 5.57 Å². The summed E-state index contributed by atoms with van der Waals surface area (Å²) in [5.41, 5.74) is -2.27. The zero-order valence-electron chi connectivity index (χ0n) is 17.6. The Kier molecular flexibility index (Phi) is 7.78. The fourth-order valence-electron chi connectivity index (χ4n) is 3.18. The van der Waals surface area contributed by atoms with E-state index in [1.165, 1.54) is 42.6 Å². The van der Waals surface area contributed by atoms with Gasteiger partial charge in [0.15, 0.2) is 0 Å². The van der Waals surface area contributed by atoms with E-state index in [4.69, 9.17) is 11.6 Å². The third-order valence-corrected chi connectivity index (χ3v) is 4.74. The van der Waals surface area contributed by atoms with Crippen LogP contribution >= 0.6 is 11.6 Å². The lowest BCUT2D eigenvalue weighted by Gasteiger charge is -2.24. The molecule has 0 spiro atoms. The normalized spacial score (nSPS) is 11.2. The number of aliphatic hydroxyl groups is 1. The van der Waals surface area contributed by atoms with Gasteiger partial charge < -0.3 is 20.1 Å². The number of likely N-dealkylation sites (N-methyl/N-ethyl adjacent to an activating group) is 1. The van der Waals surface area contributed by atoms with Crippen molar-refractivity contribution in [1.82, 2.24) is 4.98 Å². The largest absolute Gasteiger partial charge is 0.487 e. The lowest BCUT2D eigenvalue weighted by molar-refractivity contribution is -0.0964. The Morgan fingerprint density at radius 1 is 1.21 bits per heavy atom. The summed E-state index contributed by atoms with van der Waals surface area (Å²) in [6.45, 7) is 2.64. The molecule has 0 aliphatic heterocycles. The Labute approximate surface area is 193 Å². The highest BCUT2D eigenvalue weighted by molar-refractivity contribution is 6.20. The molecule has 1 amide bonds. The van der Waals surface area contributed by atoms with E-state index in [-0.39, 0.29) is 17.9 Å². The maximum absolute atomic E-state index is 13.9. The molecule has 0 aliphatic rings. The maximum Gasteiger partial charge on any atom is 0.487 e. The van der Waals surface area contributed by atoms with Crippen molar-refractivity contribution in [2.75, 3.05) is 29.9 Å². The number of carbonyl (C=O) groups excluding carboxylic acids is 1. The van der Waals surface area contributed by atoms with Gasteiger partial charge in [-0.25, -0.2) is 9.37 Å². The first-order valence-electron chi connectivity index (χ1n) is 9.99. The number of ether oxygens (including phenoxy) is 1. The third-order valence-electron chi connectivity index (χ3n) is 4.66. The van der Waals surface area contributed by atoms with E-state index in [0.717, 1.165) is 0 Å². The van der Waals surface area contributed by atoms with Gasteiger partial charge in [-0.3, -0.25) is 4.79 Å². The molecule has 1 aromatic heterocycles. The highest BCUT2D eigenvalue weighted by Crippen LogP contribution is 2.31. The Balaban J connectivity index is 1.90. The Hall–Kier alpha value is -3.30. The monoisotopic (exact) mass is 479 g/mol. The summed E-state index contributed by atoms with van der Waals surface area (Å²) < 4.78 is 43.6. The quantitative estimate of drug-likeness (QED) is 0.416. The number of rotatable bonds is 9. The zero-order valence-corrected chi connectivity index (χ0v) is 18.3. The van der Waals surface area contributed by atoms with Crippen LogP contribution in [0.3, 0.4) is 0 Å².